The number of nitrogens with zero attached hydrogens (tertiary/aromatic N) is 1. The van der Waals surface area contributed by atoms with Crippen molar-refractivity contribution in [1.29, 1.82) is 0 Å². The number of ether oxygens (including phenoxy) is 4. The van der Waals surface area contributed by atoms with E-state index in [9.17, 15) is 70.9 Å². The van der Waals surface area contributed by atoms with Crippen molar-refractivity contribution < 1.29 is 152 Å². The number of nitrogens with one attached hydrogen (secondary N) is 3. The largest absolute Gasteiger partial charge is 1.00 e. The van der Waals surface area contributed by atoms with Crippen LogP contribution >= 0.6 is 0 Å². The number of nitro benzene ring substituents is 1. The number of aliphatic hydroxyl groups is 4. The van der Waals surface area contributed by atoms with E-state index in [1.54, 1.807) is 0 Å². The number of aliphatic hydroxyl groups excluding tert-OH is 4. The molecule has 10 atom stereocenters. The van der Waals surface area contributed by atoms with Gasteiger partial charge < -0.3 is 64.4 Å². The molecular weight excluding hydrogens is 874 g/mol. The minimum Gasteiger partial charge on any atom is -0.726 e. The Bertz CT molecular complexity index is 1980. The van der Waals surface area contributed by atoms with Crippen molar-refractivity contribution in [2.75, 3.05) is 18.5 Å². The molecule has 25 nitrogen and oxygen atoms in total. The van der Waals surface area contributed by atoms with Gasteiger partial charge in [-0.2, -0.15) is 0 Å². The summed E-state index contributed by atoms with van der Waals surface area (Å²) in [7, 11) is -10.1. The number of carbonyl (C=O) groups excluding carboxylic acids is 3. The van der Waals surface area contributed by atoms with Gasteiger partial charge in [-0.1, -0.05) is 6.58 Å². The van der Waals surface area contributed by atoms with E-state index >= 15 is 0 Å². The van der Waals surface area contributed by atoms with E-state index in [0.29, 0.717) is 5.69 Å². The summed E-state index contributed by atoms with van der Waals surface area (Å²) in [5, 5.41) is 58.7. The Kier molecular flexibility index (Phi) is 22.6. The van der Waals surface area contributed by atoms with Crippen LogP contribution in [0, 0.1) is 10.1 Å². The second-order valence-electron chi connectivity index (χ2n) is 12.1. The van der Waals surface area contributed by atoms with Gasteiger partial charge in [-0.25, -0.2) is 16.8 Å². The van der Waals surface area contributed by atoms with Gasteiger partial charge in [0.1, 0.15) is 60.2 Å². The normalized spacial score (nSPS) is 26.2. The monoisotopic (exact) mass is 912 g/mol. The summed E-state index contributed by atoms with van der Waals surface area (Å²) >= 11 is 0. The second-order valence-corrected chi connectivity index (χ2v) is 14.2. The van der Waals surface area contributed by atoms with Crippen molar-refractivity contribution in [1.82, 2.24) is 10.6 Å². The molecule has 2 aliphatic heterocycles. The summed E-state index contributed by atoms with van der Waals surface area (Å²) in [6.07, 6.45) is -11.3. The van der Waals surface area contributed by atoms with Gasteiger partial charge in [0.05, 0.1) is 18.1 Å². The van der Waals surface area contributed by atoms with Crippen molar-refractivity contribution in [3.63, 3.8) is 0 Å². The number of rotatable bonds is 15. The van der Waals surface area contributed by atoms with Gasteiger partial charge in [0.15, 0.2) is 0 Å². The SMILES string of the molecule is C=CC(=O)Nc1ccc(O[C@@H]2OC(COS(=O)(=O)[O-])[C@@H](O)[C@H](O)C2NC(C)=O)cc1.CC(=O)NC1[C@H](Oc2ccc([N+](=O)[O-])cc2)OC(COS(=O)(=O)[O-])[C@@H](O)[C@@H]1O.[Na+].[Na+]. The minimum atomic E-state index is -5.08. The number of non-ortho nitro benzene ring substituents is 1. The third-order valence-corrected chi connectivity index (χ3v) is 8.60. The zero-order valence-corrected chi connectivity index (χ0v) is 37.7. The predicted molar refractivity (Wildman–Crippen MR) is 187 cm³/mol. The van der Waals surface area contributed by atoms with Gasteiger partial charge in [-0.05, 0) is 42.5 Å². The third-order valence-electron chi connectivity index (χ3n) is 7.75. The Morgan fingerprint density at radius 3 is 1.42 bits per heavy atom. The maximum Gasteiger partial charge on any atom is 1.00 e. The number of amides is 3. The first-order chi connectivity index (χ1) is 27.0. The van der Waals surface area contributed by atoms with Crippen molar-refractivity contribution in [2.45, 2.75) is 75.1 Å². The molecule has 3 amide bonds. The molecule has 0 bridgehead atoms. The molecule has 2 aliphatic rings. The Labute approximate surface area is 386 Å². The molecule has 322 valence electrons. The Balaban J connectivity index is 0.000000582. The third kappa shape index (κ3) is 17.8. The summed E-state index contributed by atoms with van der Waals surface area (Å²) in [6.45, 7) is 3.87. The number of carbonyl (C=O) groups is 3. The maximum absolute atomic E-state index is 11.5. The number of hydrogen-bond donors (Lipinski definition) is 7. The van der Waals surface area contributed by atoms with E-state index in [-0.39, 0.29) is 76.3 Å². The molecule has 2 heterocycles. The number of hydrogen-bond acceptors (Lipinski definition) is 21. The van der Waals surface area contributed by atoms with Gasteiger partial charge in [0.25, 0.3) is 5.69 Å². The van der Waals surface area contributed by atoms with Crippen LogP contribution in [0.5, 0.6) is 11.5 Å². The molecule has 29 heteroatoms. The fourth-order valence-corrected chi connectivity index (χ4v) is 5.74. The van der Waals surface area contributed by atoms with Crippen LogP contribution in [0.25, 0.3) is 0 Å². The topological polar surface area (TPSA) is 381 Å². The van der Waals surface area contributed by atoms with Crippen LogP contribution in [-0.4, -0.2) is 144 Å². The molecule has 4 unspecified atom stereocenters. The predicted octanol–water partition coefficient (Wildman–Crippen LogP) is -8.97. The van der Waals surface area contributed by atoms with Crippen LogP contribution in [0.3, 0.4) is 0 Å². The minimum absolute atomic E-state index is 0. The molecule has 4 rings (SSSR count). The second kappa shape index (κ2) is 24.7. The summed E-state index contributed by atoms with van der Waals surface area (Å²) in [5.41, 5.74) is 0.232. The van der Waals surface area contributed by atoms with E-state index in [2.05, 4.69) is 30.9 Å². The molecular formula is C31H38N4Na2O21S2. The molecule has 0 aromatic heterocycles. The van der Waals surface area contributed by atoms with E-state index in [1.165, 1.54) is 43.3 Å². The fraction of sp³-hybridized carbons (Fsp3) is 0.452. The first kappa shape index (κ1) is 55.1. The zero-order valence-electron chi connectivity index (χ0n) is 32.1. The molecule has 2 saturated heterocycles. The van der Waals surface area contributed by atoms with Gasteiger partial charge in [-0.3, -0.25) is 32.9 Å². The molecule has 0 aliphatic carbocycles. The van der Waals surface area contributed by atoms with Gasteiger partial charge in [-0.15, -0.1) is 0 Å². The van der Waals surface area contributed by atoms with Crippen LogP contribution in [0.15, 0.2) is 61.2 Å². The van der Waals surface area contributed by atoms with Crippen LogP contribution in [0.4, 0.5) is 11.4 Å². The molecule has 2 fully saturated rings. The van der Waals surface area contributed by atoms with E-state index < -0.39 is 118 Å². The van der Waals surface area contributed by atoms with Gasteiger partial charge in [0.2, 0.25) is 51.1 Å². The summed E-state index contributed by atoms with van der Waals surface area (Å²) in [6, 6.07) is 8.17. The molecule has 60 heavy (non-hydrogen) atoms. The van der Waals surface area contributed by atoms with Crippen LogP contribution in [0.2, 0.25) is 0 Å². The van der Waals surface area contributed by atoms with Crippen LogP contribution in [0.1, 0.15) is 13.8 Å². The van der Waals surface area contributed by atoms with E-state index in [0.717, 1.165) is 25.1 Å². The first-order valence-corrected chi connectivity index (χ1v) is 19.0. The quantitative estimate of drug-likeness (QED) is 0.0218. The van der Waals surface area contributed by atoms with Crippen molar-refractivity contribution in [3.8, 4) is 11.5 Å². The van der Waals surface area contributed by atoms with Crippen molar-refractivity contribution >= 4 is 49.9 Å². The molecule has 0 spiro atoms. The van der Waals surface area contributed by atoms with Crippen molar-refractivity contribution in [3.05, 3.63) is 71.3 Å². The Morgan fingerprint density at radius 2 is 1.10 bits per heavy atom. The number of nitro groups is 1. The molecule has 0 radical (unpaired) electrons. The molecule has 0 saturated carbocycles. The van der Waals surface area contributed by atoms with Crippen LogP contribution in [-0.2, 0) is 53.0 Å². The maximum atomic E-state index is 11.5. The first-order valence-electron chi connectivity index (χ1n) is 16.4. The van der Waals surface area contributed by atoms with Crippen LogP contribution < -0.4 is 84.5 Å². The summed E-state index contributed by atoms with van der Waals surface area (Å²) < 4.78 is 93.9. The van der Waals surface area contributed by atoms with E-state index in [1.807, 2.05) is 0 Å². The smallest absolute Gasteiger partial charge is 0.726 e. The number of anilines is 1. The Hall–Kier alpha value is -2.91. The molecule has 2 aromatic rings. The van der Waals surface area contributed by atoms with Gasteiger partial charge >= 0.3 is 59.1 Å². The average molecular weight is 913 g/mol. The molecule has 2 aromatic carbocycles. The number of benzene rings is 2. The van der Waals surface area contributed by atoms with Crippen molar-refractivity contribution in [2.24, 2.45) is 0 Å². The fourth-order valence-electron chi connectivity index (χ4n) is 5.14. The van der Waals surface area contributed by atoms with Gasteiger partial charge in [0, 0.05) is 31.7 Å². The Morgan fingerprint density at radius 1 is 0.733 bits per heavy atom. The van der Waals surface area contributed by atoms with E-state index in [4.69, 9.17) is 18.9 Å². The standard InChI is InChI=1S/C17H22N2O10S.C14H18N2O11S.2Na/c1-3-13(21)19-10-4-6-11(7-5-10)28-17-14(18-9(2)20)16(23)15(22)12(29-17)8-27-30(24,25)26;1-7(17)15-11-13(19)12(18)10(6-25-28(22,23)24)27-14(11)26-9-4-2-8(3-5-9)16(20)21;;/h3-7,12,14-17,22-23H,1,8H2,2H3,(H,18,20)(H,19,21)(H,24,25,26);2-5,10-14,18-19H,6H2,1H3,(H,15,17)(H,22,23,24);;/q;;2*+1/p-2/t12?,14?,15-,16-,17-;10?,11?,12-,13-,14-;;/m11../s1. The summed E-state index contributed by atoms with van der Waals surface area (Å²) in [4.78, 5) is 44.2. The molecule has 7 N–H and O–H groups in total. The zero-order chi connectivity index (χ0) is 43.5. The average Bonchev–Trinajstić information content (AvgIpc) is 3.13. The summed E-state index contributed by atoms with van der Waals surface area (Å²) in [5.74, 6) is -1.30.